The van der Waals surface area contributed by atoms with Crippen LogP contribution in [0.4, 0.5) is 0 Å². The minimum atomic E-state index is -0.319. The van der Waals surface area contributed by atoms with Crippen LogP contribution in [-0.4, -0.2) is 48.2 Å². The van der Waals surface area contributed by atoms with Gasteiger partial charge in [0.25, 0.3) is 0 Å². The minimum absolute atomic E-state index is 0.197. The molecule has 0 aromatic heterocycles. The van der Waals surface area contributed by atoms with E-state index in [4.69, 9.17) is 0 Å². The SMILES string of the molecule is CCC1(C(=O)N2CCCC(O)C2)CCNC1. The number of aliphatic hydroxyl groups is 1. The van der Waals surface area contributed by atoms with Gasteiger partial charge in [-0.25, -0.2) is 0 Å². The summed E-state index contributed by atoms with van der Waals surface area (Å²) in [5, 5.41) is 12.9. The molecule has 2 fully saturated rings. The fourth-order valence-electron chi connectivity index (χ4n) is 2.85. The molecule has 4 heteroatoms. The summed E-state index contributed by atoms with van der Waals surface area (Å²) >= 11 is 0. The summed E-state index contributed by atoms with van der Waals surface area (Å²) in [7, 11) is 0. The van der Waals surface area contributed by atoms with E-state index in [0.717, 1.165) is 45.3 Å². The smallest absolute Gasteiger partial charge is 0.230 e. The lowest BCUT2D eigenvalue weighted by Crippen LogP contribution is -2.50. The van der Waals surface area contributed by atoms with E-state index >= 15 is 0 Å². The second kappa shape index (κ2) is 4.72. The molecule has 2 aliphatic heterocycles. The number of likely N-dealkylation sites (tertiary alicyclic amines) is 1. The number of aliphatic hydroxyl groups excluding tert-OH is 1. The average Bonchev–Trinajstić information content (AvgIpc) is 2.78. The van der Waals surface area contributed by atoms with Crippen molar-refractivity contribution >= 4 is 5.91 Å². The van der Waals surface area contributed by atoms with E-state index in [-0.39, 0.29) is 17.4 Å². The van der Waals surface area contributed by atoms with Gasteiger partial charge in [-0.3, -0.25) is 4.79 Å². The molecule has 2 rings (SSSR count). The van der Waals surface area contributed by atoms with Crippen molar-refractivity contribution in [3.8, 4) is 0 Å². The number of nitrogens with zero attached hydrogens (tertiary/aromatic N) is 1. The number of carbonyl (C=O) groups is 1. The zero-order valence-corrected chi connectivity index (χ0v) is 10.0. The first-order valence-electron chi connectivity index (χ1n) is 6.36. The van der Waals surface area contributed by atoms with Crippen molar-refractivity contribution in [3.05, 3.63) is 0 Å². The van der Waals surface area contributed by atoms with Crippen LogP contribution in [0.2, 0.25) is 0 Å². The fraction of sp³-hybridized carbons (Fsp3) is 0.917. The summed E-state index contributed by atoms with van der Waals surface area (Å²) in [6.45, 7) is 5.18. The van der Waals surface area contributed by atoms with E-state index in [1.165, 1.54) is 0 Å². The summed E-state index contributed by atoms with van der Waals surface area (Å²) < 4.78 is 0. The van der Waals surface area contributed by atoms with Gasteiger partial charge in [0.05, 0.1) is 11.5 Å². The Morgan fingerprint density at radius 1 is 1.62 bits per heavy atom. The molecule has 2 N–H and O–H groups in total. The van der Waals surface area contributed by atoms with Gasteiger partial charge < -0.3 is 15.3 Å². The van der Waals surface area contributed by atoms with Crippen molar-refractivity contribution in [2.24, 2.45) is 5.41 Å². The second-order valence-electron chi connectivity index (χ2n) is 5.11. The molecule has 0 aliphatic carbocycles. The maximum absolute atomic E-state index is 12.5. The van der Waals surface area contributed by atoms with Gasteiger partial charge in [-0.1, -0.05) is 6.92 Å². The predicted octanol–water partition coefficient (Wildman–Crippen LogP) is 0.359. The molecule has 0 aromatic carbocycles. The lowest BCUT2D eigenvalue weighted by atomic mass is 9.82. The number of rotatable bonds is 2. The normalized spacial score (nSPS) is 35.4. The number of hydrogen-bond acceptors (Lipinski definition) is 3. The summed E-state index contributed by atoms with van der Waals surface area (Å²) in [6, 6.07) is 0. The molecule has 2 aliphatic rings. The van der Waals surface area contributed by atoms with Crippen LogP contribution in [0.5, 0.6) is 0 Å². The molecule has 0 aromatic rings. The molecule has 4 nitrogen and oxygen atoms in total. The van der Waals surface area contributed by atoms with Gasteiger partial charge >= 0.3 is 0 Å². The molecule has 1 amide bonds. The first kappa shape index (κ1) is 11.9. The highest BCUT2D eigenvalue weighted by atomic mass is 16.3. The topological polar surface area (TPSA) is 52.6 Å². The molecule has 0 bridgehead atoms. The zero-order valence-electron chi connectivity index (χ0n) is 10.0. The van der Waals surface area contributed by atoms with Gasteiger partial charge in [0.15, 0.2) is 0 Å². The van der Waals surface area contributed by atoms with Crippen LogP contribution in [0, 0.1) is 5.41 Å². The van der Waals surface area contributed by atoms with E-state index < -0.39 is 0 Å². The van der Waals surface area contributed by atoms with Gasteiger partial charge in [0.1, 0.15) is 0 Å². The third kappa shape index (κ3) is 2.09. The molecule has 2 saturated heterocycles. The van der Waals surface area contributed by atoms with Gasteiger partial charge in [-0.15, -0.1) is 0 Å². The van der Waals surface area contributed by atoms with Crippen molar-refractivity contribution in [2.75, 3.05) is 26.2 Å². The fourth-order valence-corrected chi connectivity index (χ4v) is 2.85. The first-order chi connectivity index (χ1) is 7.68. The molecule has 2 unspecified atom stereocenters. The molecule has 0 spiro atoms. The molecular formula is C12H22N2O2. The second-order valence-corrected chi connectivity index (χ2v) is 5.11. The lowest BCUT2D eigenvalue weighted by molar-refractivity contribution is -0.144. The zero-order chi connectivity index (χ0) is 11.6. The van der Waals surface area contributed by atoms with Crippen molar-refractivity contribution < 1.29 is 9.90 Å². The van der Waals surface area contributed by atoms with E-state index in [1.54, 1.807) is 0 Å². The van der Waals surface area contributed by atoms with E-state index in [1.807, 2.05) is 4.90 Å². The van der Waals surface area contributed by atoms with Crippen LogP contribution in [-0.2, 0) is 4.79 Å². The Morgan fingerprint density at radius 2 is 2.44 bits per heavy atom. The standard InChI is InChI=1S/C12H22N2O2/c1-2-12(5-6-13-9-12)11(16)14-7-3-4-10(15)8-14/h10,13,15H,2-9H2,1H3. The van der Waals surface area contributed by atoms with Crippen LogP contribution in [0.3, 0.4) is 0 Å². The van der Waals surface area contributed by atoms with E-state index in [0.29, 0.717) is 6.54 Å². The van der Waals surface area contributed by atoms with E-state index in [2.05, 4.69) is 12.2 Å². The van der Waals surface area contributed by atoms with Gasteiger partial charge in [0, 0.05) is 19.6 Å². The first-order valence-corrected chi connectivity index (χ1v) is 6.36. The maximum Gasteiger partial charge on any atom is 0.230 e. The summed E-state index contributed by atoms with van der Waals surface area (Å²) in [5.41, 5.74) is -0.197. The maximum atomic E-state index is 12.5. The number of hydrogen-bond donors (Lipinski definition) is 2. The van der Waals surface area contributed by atoms with Crippen molar-refractivity contribution in [1.29, 1.82) is 0 Å². The van der Waals surface area contributed by atoms with Crippen LogP contribution >= 0.6 is 0 Å². The highest BCUT2D eigenvalue weighted by Crippen LogP contribution is 2.32. The van der Waals surface area contributed by atoms with Gasteiger partial charge in [0.2, 0.25) is 5.91 Å². The van der Waals surface area contributed by atoms with Crippen LogP contribution in [0.25, 0.3) is 0 Å². The quantitative estimate of drug-likeness (QED) is 0.715. The van der Waals surface area contributed by atoms with Crippen LogP contribution < -0.4 is 5.32 Å². The molecule has 16 heavy (non-hydrogen) atoms. The Labute approximate surface area is 97.0 Å². The van der Waals surface area contributed by atoms with Crippen LogP contribution in [0.1, 0.15) is 32.6 Å². The lowest BCUT2D eigenvalue weighted by Gasteiger charge is -2.37. The average molecular weight is 226 g/mol. The number of β-amino-alcohol motifs (C(OH)–C–C–N with tert-alkyl or cyclic N) is 1. The highest BCUT2D eigenvalue weighted by molar-refractivity contribution is 5.83. The Morgan fingerprint density at radius 3 is 3.00 bits per heavy atom. The molecular weight excluding hydrogens is 204 g/mol. The molecule has 2 atom stereocenters. The van der Waals surface area contributed by atoms with Crippen molar-refractivity contribution in [1.82, 2.24) is 10.2 Å². The Bertz CT molecular complexity index is 262. The Kier molecular flexibility index (Phi) is 3.50. The molecule has 0 saturated carbocycles. The predicted molar refractivity (Wildman–Crippen MR) is 62.0 cm³/mol. The summed E-state index contributed by atoms with van der Waals surface area (Å²) in [5.74, 6) is 0.249. The Balaban J connectivity index is 2.04. The summed E-state index contributed by atoms with van der Waals surface area (Å²) in [4.78, 5) is 14.3. The third-order valence-corrected chi connectivity index (χ3v) is 4.06. The van der Waals surface area contributed by atoms with Gasteiger partial charge in [-0.2, -0.15) is 0 Å². The highest BCUT2D eigenvalue weighted by Gasteiger charge is 2.42. The number of nitrogens with one attached hydrogen (secondary N) is 1. The van der Waals surface area contributed by atoms with Crippen LogP contribution in [0.15, 0.2) is 0 Å². The largest absolute Gasteiger partial charge is 0.391 e. The Hall–Kier alpha value is -0.610. The van der Waals surface area contributed by atoms with Crippen molar-refractivity contribution in [2.45, 2.75) is 38.7 Å². The molecule has 92 valence electrons. The molecule has 2 heterocycles. The van der Waals surface area contributed by atoms with Crippen molar-refractivity contribution in [3.63, 3.8) is 0 Å². The number of carbonyl (C=O) groups excluding carboxylic acids is 1. The van der Waals surface area contributed by atoms with Gasteiger partial charge in [-0.05, 0) is 32.2 Å². The number of piperidine rings is 1. The molecule has 0 radical (unpaired) electrons. The minimum Gasteiger partial charge on any atom is -0.391 e. The van der Waals surface area contributed by atoms with E-state index in [9.17, 15) is 9.90 Å². The third-order valence-electron chi connectivity index (χ3n) is 4.06. The monoisotopic (exact) mass is 226 g/mol. The summed E-state index contributed by atoms with van der Waals surface area (Å²) in [6.07, 6.45) is 3.28. The number of amides is 1.